The van der Waals surface area contributed by atoms with Gasteiger partial charge in [-0.3, -0.25) is 4.79 Å². The number of aromatic nitrogens is 2. The number of nitrogens with zero attached hydrogens (tertiary/aromatic N) is 2. The highest BCUT2D eigenvalue weighted by Crippen LogP contribution is 2.19. The van der Waals surface area contributed by atoms with Crippen molar-refractivity contribution in [3.05, 3.63) is 18.1 Å². The van der Waals surface area contributed by atoms with Crippen LogP contribution >= 0.6 is 0 Å². The molecule has 0 radical (unpaired) electrons. The molecular weight excluding hydrogens is 196 g/mol. The minimum absolute atomic E-state index is 0.309. The van der Waals surface area contributed by atoms with Crippen molar-refractivity contribution >= 4 is 5.97 Å². The van der Waals surface area contributed by atoms with Crippen molar-refractivity contribution in [2.24, 2.45) is 0 Å². The fraction of sp³-hybridized carbons (Fsp3) is 0.500. The lowest BCUT2D eigenvalue weighted by Gasteiger charge is -2.09. The maximum absolute atomic E-state index is 11.0. The lowest BCUT2D eigenvalue weighted by Crippen LogP contribution is -2.14. The van der Waals surface area contributed by atoms with Gasteiger partial charge >= 0.3 is 5.97 Å². The molecule has 0 saturated heterocycles. The maximum Gasteiger partial charge on any atom is 0.314 e. The van der Waals surface area contributed by atoms with Gasteiger partial charge in [0.05, 0.1) is 7.11 Å². The average molecular weight is 210 g/mol. The first-order valence-electron chi connectivity index (χ1n) is 4.78. The molecule has 0 aliphatic carbocycles. The van der Waals surface area contributed by atoms with Crippen molar-refractivity contribution < 1.29 is 14.6 Å². The van der Waals surface area contributed by atoms with E-state index in [4.69, 9.17) is 9.84 Å². The van der Waals surface area contributed by atoms with Gasteiger partial charge in [-0.15, -0.1) is 0 Å². The summed E-state index contributed by atoms with van der Waals surface area (Å²) in [5, 5.41) is 9.00. The minimum atomic E-state index is -0.898. The lowest BCUT2D eigenvalue weighted by molar-refractivity contribution is -0.139. The predicted molar refractivity (Wildman–Crippen MR) is 53.9 cm³/mol. The van der Waals surface area contributed by atoms with E-state index in [0.29, 0.717) is 18.1 Å². The van der Waals surface area contributed by atoms with E-state index < -0.39 is 11.9 Å². The molecule has 0 amide bonds. The van der Waals surface area contributed by atoms with Crippen LogP contribution in [-0.4, -0.2) is 28.2 Å². The Balaban J connectivity index is 2.94. The number of rotatable bonds is 5. The minimum Gasteiger partial charge on any atom is -0.481 e. The number of methoxy groups -OCH3 is 1. The van der Waals surface area contributed by atoms with Crippen molar-refractivity contribution in [1.82, 2.24) is 9.97 Å². The van der Waals surface area contributed by atoms with E-state index >= 15 is 0 Å². The molecule has 1 aromatic heterocycles. The molecule has 0 spiro atoms. The summed E-state index contributed by atoms with van der Waals surface area (Å²) in [6, 6.07) is 1.59. The SMILES string of the molecule is CCCC(C(=O)O)c1nccc(OC)n1. The second-order valence-electron chi connectivity index (χ2n) is 3.14. The van der Waals surface area contributed by atoms with Gasteiger partial charge in [-0.05, 0) is 6.42 Å². The summed E-state index contributed by atoms with van der Waals surface area (Å²) in [5.41, 5.74) is 0. The monoisotopic (exact) mass is 210 g/mol. The van der Waals surface area contributed by atoms with Gasteiger partial charge in [-0.1, -0.05) is 13.3 Å². The molecule has 0 fully saturated rings. The van der Waals surface area contributed by atoms with Gasteiger partial charge in [-0.25, -0.2) is 4.98 Å². The standard InChI is InChI=1S/C10H14N2O3/c1-3-4-7(10(13)14)9-11-6-5-8(12-9)15-2/h5-7H,3-4H2,1-2H3,(H,13,14). The summed E-state index contributed by atoms with van der Waals surface area (Å²) < 4.78 is 4.92. The highest BCUT2D eigenvalue weighted by Gasteiger charge is 2.21. The van der Waals surface area contributed by atoms with E-state index in [1.165, 1.54) is 13.3 Å². The molecule has 1 heterocycles. The van der Waals surface area contributed by atoms with Crippen LogP contribution in [0.1, 0.15) is 31.5 Å². The topological polar surface area (TPSA) is 72.3 Å². The van der Waals surface area contributed by atoms with Crippen molar-refractivity contribution in [3.63, 3.8) is 0 Å². The van der Waals surface area contributed by atoms with Crippen LogP contribution in [-0.2, 0) is 4.79 Å². The second kappa shape index (κ2) is 5.29. The molecule has 5 heteroatoms. The molecule has 5 nitrogen and oxygen atoms in total. The molecular formula is C10H14N2O3. The van der Waals surface area contributed by atoms with Crippen molar-refractivity contribution in [2.45, 2.75) is 25.7 Å². The van der Waals surface area contributed by atoms with Crippen molar-refractivity contribution in [3.8, 4) is 5.88 Å². The van der Waals surface area contributed by atoms with Gasteiger partial charge in [0, 0.05) is 12.3 Å². The first-order chi connectivity index (χ1) is 7.19. The number of hydrogen-bond acceptors (Lipinski definition) is 4. The van der Waals surface area contributed by atoms with E-state index in [1.54, 1.807) is 6.07 Å². The molecule has 1 N–H and O–H groups in total. The maximum atomic E-state index is 11.0. The molecule has 0 aliphatic rings. The van der Waals surface area contributed by atoms with Gasteiger partial charge in [0.1, 0.15) is 11.7 Å². The number of carbonyl (C=O) groups is 1. The number of carboxylic acid groups (broad SMARTS) is 1. The molecule has 1 rings (SSSR count). The van der Waals surface area contributed by atoms with Crippen LogP contribution in [0, 0.1) is 0 Å². The Labute approximate surface area is 88.1 Å². The first kappa shape index (κ1) is 11.4. The zero-order valence-electron chi connectivity index (χ0n) is 8.80. The summed E-state index contributed by atoms with van der Waals surface area (Å²) in [6.45, 7) is 1.93. The van der Waals surface area contributed by atoms with Gasteiger partial charge < -0.3 is 9.84 Å². The Hall–Kier alpha value is -1.65. The summed E-state index contributed by atoms with van der Waals surface area (Å²) in [5.74, 6) is -0.846. The van der Waals surface area contributed by atoms with E-state index in [0.717, 1.165) is 6.42 Å². The molecule has 0 aromatic carbocycles. The smallest absolute Gasteiger partial charge is 0.314 e. The molecule has 1 aromatic rings. The van der Waals surface area contributed by atoms with Gasteiger partial charge in [-0.2, -0.15) is 4.98 Å². The number of ether oxygens (including phenoxy) is 1. The summed E-state index contributed by atoms with van der Waals surface area (Å²) in [4.78, 5) is 18.9. The average Bonchev–Trinajstić information content (AvgIpc) is 2.25. The Morgan fingerprint density at radius 3 is 2.93 bits per heavy atom. The van der Waals surface area contributed by atoms with E-state index in [9.17, 15) is 4.79 Å². The molecule has 82 valence electrons. The third-order valence-corrected chi connectivity index (χ3v) is 2.04. The highest BCUT2D eigenvalue weighted by molar-refractivity contribution is 5.74. The van der Waals surface area contributed by atoms with Gasteiger partial charge in [0.15, 0.2) is 0 Å². The fourth-order valence-corrected chi connectivity index (χ4v) is 1.29. The van der Waals surface area contributed by atoms with Gasteiger partial charge in [0.25, 0.3) is 0 Å². The van der Waals surface area contributed by atoms with E-state index in [-0.39, 0.29) is 0 Å². The molecule has 0 aliphatic heterocycles. The van der Waals surface area contributed by atoms with Crippen LogP contribution < -0.4 is 4.74 Å². The zero-order chi connectivity index (χ0) is 11.3. The molecule has 1 unspecified atom stereocenters. The Morgan fingerprint density at radius 2 is 2.40 bits per heavy atom. The number of hydrogen-bond donors (Lipinski definition) is 1. The van der Waals surface area contributed by atoms with Crippen LogP contribution in [0.3, 0.4) is 0 Å². The summed E-state index contributed by atoms with van der Waals surface area (Å²) >= 11 is 0. The zero-order valence-corrected chi connectivity index (χ0v) is 8.80. The summed E-state index contributed by atoms with van der Waals surface area (Å²) in [7, 11) is 1.49. The summed E-state index contributed by atoms with van der Waals surface area (Å²) in [6.07, 6.45) is 2.81. The lowest BCUT2D eigenvalue weighted by atomic mass is 10.0. The largest absolute Gasteiger partial charge is 0.481 e. The molecule has 0 saturated carbocycles. The third-order valence-electron chi connectivity index (χ3n) is 2.04. The molecule has 1 atom stereocenters. The highest BCUT2D eigenvalue weighted by atomic mass is 16.5. The van der Waals surface area contributed by atoms with E-state index in [2.05, 4.69) is 9.97 Å². The Morgan fingerprint density at radius 1 is 1.67 bits per heavy atom. The van der Waals surface area contributed by atoms with Crippen LogP contribution in [0.5, 0.6) is 5.88 Å². The fourth-order valence-electron chi connectivity index (χ4n) is 1.29. The quantitative estimate of drug-likeness (QED) is 0.796. The Kier molecular flexibility index (Phi) is 4.03. The van der Waals surface area contributed by atoms with Crippen LogP contribution in [0.25, 0.3) is 0 Å². The Bertz CT molecular complexity index is 341. The van der Waals surface area contributed by atoms with Crippen LogP contribution in [0.2, 0.25) is 0 Å². The normalized spacial score (nSPS) is 12.1. The van der Waals surface area contributed by atoms with Gasteiger partial charge in [0.2, 0.25) is 5.88 Å². The number of carboxylic acids is 1. The van der Waals surface area contributed by atoms with Crippen molar-refractivity contribution in [2.75, 3.05) is 7.11 Å². The predicted octanol–water partition coefficient (Wildman–Crippen LogP) is 1.45. The molecule has 15 heavy (non-hydrogen) atoms. The van der Waals surface area contributed by atoms with E-state index in [1.807, 2.05) is 6.92 Å². The number of aliphatic carboxylic acids is 1. The van der Waals surface area contributed by atoms with Crippen LogP contribution in [0.15, 0.2) is 12.3 Å². The third kappa shape index (κ3) is 2.90. The second-order valence-corrected chi connectivity index (χ2v) is 3.14. The molecule has 0 bridgehead atoms. The van der Waals surface area contributed by atoms with Crippen molar-refractivity contribution in [1.29, 1.82) is 0 Å². The first-order valence-corrected chi connectivity index (χ1v) is 4.78. The van der Waals surface area contributed by atoms with Crippen LogP contribution in [0.4, 0.5) is 0 Å².